The molecule has 1 aromatic heterocycles. The first kappa shape index (κ1) is 15.3. The molecule has 0 aliphatic heterocycles. The van der Waals surface area contributed by atoms with Gasteiger partial charge >= 0.3 is 0 Å². The van der Waals surface area contributed by atoms with E-state index in [9.17, 15) is 17.6 Å². The lowest BCUT2D eigenvalue weighted by Crippen LogP contribution is -2.09. The van der Waals surface area contributed by atoms with Crippen LogP contribution in [0, 0.1) is 23.5 Å². The average Bonchev–Trinajstić information content (AvgIpc) is 2.45. The molecule has 0 unspecified atom stereocenters. The Morgan fingerprint density at radius 1 is 0.952 bits per heavy atom. The molecule has 0 fully saturated rings. The van der Waals surface area contributed by atoms with Crippen molar-refractivity contribution in [2.75, 3.05) is 5.32 Å². The molecule has 2 aromatic rings. The summed E-state index contributed by atoms with van der Waals surface area (Å²) in [5.41, 5.74) is 1.00. The molecule has 0 bridgehead atoms. The van der Waals surface area contributed by atoms with E-state index in [0.717, 1.165) is 11.1 Å². The molecule has 2 rings (SSSR count). The van der Waals surface area contributed by atoms with Crippen molar-refractivity contribution in [2.24, 2.45) is 0 Å². The van der Waals surface area contributed by atoms with Crippen molar-refractivity contribution in [3.63, 3.8) is 0 Å². The Balaban J connectivity index is 2.17. The summed E-state index contributed by atoms with van der Waals surface area (Å²) in [6.45, 7) is 4.12. The maximum absolute atomic E-state index is 13.4. The molecule has 2 nitrogen and oxygen atoms in total. The van der Waals surface area contributed by atoms with Crippen LogP contribution in [0.25, 0.3) is 0 Å². The highest BCUT2D eigenvalue weighted by Gasteiger charge is 2.20. The molecule has 6 heteroatoms. The van der Waals surface area contributed by atoms with Gasteiger partial charge in [0.1, 0.15) is 5.69 Å². The maximum Gasteiger partial charge on any atom is 0.253 e. The summed E-state index contributed by atoms with van der Waals surface area (Å²) < 4.78 is 52.7. The Morgan fingerprint density at radius 3 is 1.95 bits per heavy atom. The zero-order chi connectivity index (χ0) is 15.6. The van der Waals surface area contributed by atoms with Crippen molar-refractivity contribution < 1.29 is 17.6 Å². The maximum atomic E-state index is 13.4. The number of rotatable bonds is 4. The van der Waals surface area contributed by atoms with Crippen LogP contribution in [0.1, 0.15) is 30.9 Å². The Kier molecular flexibility index (Phi) is 4.45. The van der Waals surface area contributed by atoms with Gasteiger partial charge in [0.2, 0.25) is 11.6 Å². The second-order valence-corrected chi connectivity index (χ2v) is 4.95. The minimum atomic E-state index is -1.67. The van der Waals surface area contributed by atoms with E-state index in [1.54, 1.807) is 12.1 Å². The SMILES string of the molecule is CC(C)c1ccc(CNc2c(F)c(F)nc(F)c2F)cc1. The smallest absolute Gasteiger partial charge is 0.253 e. The van der Waals surface area contributed by atoms with E-state index in [0.29, 0.717) is 5.92 Å². The van der Waals surface area contributed by atoms with Crippen molar-refractivity contribution in [2.45, 2.75) is 26.3 Å². The van der Waals surface area contributed by atoms with Gasteiger partial charge in [-0.3, -0.25) is 0 Å². The molecule has 0 aliphatic rings. The van der Waals surface area contributed by atoms with Gasteiger partial charge in [0.05, 0.1) is 0 Å². The third kappa shape index (κ3) is 3.32. The summed E-state index contributed by atoms with van der Waals surface area (Å²) in [5, 5.41) is 2.36. The van der Waals surface area contributed by atoms with Crippen LogP contribution in [0.2, 0.25) is 0 Å². The quantitative estimate of drug-likeness (QED) is 0.669. The van der Waals surface area contributed by atoms with Crippen LogP contribution < -0.4 is 5.32 Å². The normalized spacial score (nSPS) is 11.0. The average molecular weight is 298 g/mol. The van der Waals surface area contributed by atoms with Gasteiger partial charge in [-0.25, -0.2) is 0 Å². The lowest BCUT2D eigenvalue weighted by atomic mass is 10.0. The van der Waals surface area contributed by atoms with Gasteiger partial charge in [0, 0.05) is 6.54 Å². The predicted molar refractivity (Wildman–Crippen MR) is 71.9 cm³/mol. The Bertz CT molecular complexity index is 613. The molecule has 0 saturated heterocycles. The summed E-state index contributed by atoms with van der Waals surface area (Å²) in [6.07, 6.45) is 0. The number of hydrogen-bond acceptors (Lipinski definition) is 2. The second-order valence-electron chi connectivity index (χ2n) is 4.95. The molecule has 0 spiro atoms. The lowest BCUT2D eigenvalue weighted by molar-refractivity contribution is 0.410. The summed E-state index contributed by atoms with van der Waals surface area (Å²) in [7, 11) is 0. The lowest BCUT2D eigenvalue weighted by Gasteiger charge is -2.10. The third-order valence-corrected chi connectivity index (χ3v) is 3.11. The Labute approximate surface area is 119 Å². The van der Waals surface area contributed by atoms with Crippen molar-refractivity contribution >= 4 is 5.69 Å². The number of aromatic nitrogens is 1. The van der Waals surface area contributed by atoms with Gasteiger partial charge in [-0.1, -0.05) is 38.1 Å². The van der Waals surface area contributed by atoms with Crippen molar-refractivity contribution in [1.82, 2.24) is 4.98 Å². The van der Waals surface area contributed by atoms with Crippen molar-refractivity contribution in [1.29, 1.82) is 0 Å². The van der Waals surface area contributed by atoms with Crippen LogP contribution in [-0.4, -0.2) is 4.98 Å². The highest BCUT2D eigenvalue weighted by atomic mass is 19.2. The number of anilines is 1. The highest BCUT2D eigenvalue weighted by Crippen LogP contribution is 2.23. The van der Waals surface area contributed by atoms with Crippen LogP contribution >= 0.6 is 0 Å². The number of hydrogen-bond donors (Lipinski definition) is 1. The molecular formula is C15H14F4N2. The number of halogens is 4. The minimum Gasteiger partial charge on any atom is -0.376 e. The van der Waals surface area contributed by atoms with Crippen LogP contribution in [0.3, 0.4) is 0 Å². The molecule has 0 amide bonds. The van der Waals surface area contributed by atoms with Crippen LogP contribution in [0.15, 0.2) is 24.3 Å². The summed E-state index contributed by atoms with van der Waals surface area (Å²) in [6, 6.07) is 7.35. The molecule has 0 saturated carbocycles. The van der Waals surface area contributed by atoms with Crippen LogP contribution in [0.5, 0.6) is 0 Å². The Morgan fingerprint density at radius 2 is 1.48 bits per heavy atom. The van der Waals surface area contributed by atoms with Crippen LogP contribution in [0.4, 0.5) is 23.2 Å². The van der Waals surface area contributed by atoms with Gasteiger partial charge in [-0.2, -0.15) is 22.5 Å². The number of nitrogens with zero attached hydrogens (tertiary/aromatic N) is 1. The van der Waals surface area contributed by atoms with Gasteiger partial charge < -0.3 is 5.32 Å². The molecule has 1 N–H and O–H groups in total. The fraction of sp³-hybridized carbons (Fsp3) is 0.267. The third-order valence-electron chi connectivity index (χ3n) is 3.11. The number of benzene rings is 1. The van der Waals surface area contributed by atoms with E-state index in [2.05, 4.69) is 10.3 Å². The van der Waals surface area contributed by atoms with E-state index < -0.39 is 29.2 Å². The fourth-order valence-corrected chi connectivity index (χ4v) is 1.85. The van der Waals surface area contributed by atoms with E-state index >= 15 is 0 Å². The van der Waals surface area contributed by atoms with E-state index in [-0.39, 0.29) is 6.54 Å². The van der Waals surface area contributed by atoms with Gasteiger partial charge in [0.25, 0.3) is 11.9 Å². The molecule has 0 aliphatic carbocycles. The summed E-state index contributed by atoms with van der Waals surface area (Å²) >= 11 is 0. The molecule has 0 atom stereocenters. The molecule has 21 heavy (non-hydrogen) atoms. The van der Waals surface area contributed by atoms with Crippen molar-refractivity contribution in [3.8, 4) is 0 Å². The van der Waals surface area contributed by atoms with E-state index in [1.165, 1.54) is 0 Å². The zero-order valence-electron chi connectivity index (χ0n) is 11.6. The van der Waals surface area contributed by atoms with E-state index in [1.807, 2.05) is 26.0 Å². The molecule has 112 valence electrons. The van der Waals surface area contributed by atoms with Gasteiger partial charge in [-0.05, 0) is 17.0 Å². The predicted octanol–water partition coefficient (Wildman–Crippen LogP) is 4.37. The first-order valence-corrected chi connectivity index (χ1v) is 6.42. The number of pyridine rings is 1. The largest absolute Gasteiger partial charge is 0.376 e. The Hall–Kier alpha value is -2.11. The molecular weight excluding hydrogens is 284 g/mol. The fourth-order valence-electron chi connectivity index (χ4n) is 1.85. The standard InChI is InChI=1S/C15H14F4N2/c1-8(2)10-5-3-9(4-6-10)7-20-13-11(16)14(18)21-15(19)12(13)17/h3-6,8H,7H2,1-2H3,(H,20,21). The monoisotopic (exact) mass is 298 g/mol. The molecule has 0 radical (unpaired) electrons. The topological polar surface area (TPSA) is 24.9 Å². The van der Waals surface area contributed by atoms with Crippen LogP contribution in [-0.2, 0) is 6.54 Å². The first-order chi connectivity index (χ1) is 9.90. The first-order valence-electron chi connectivity index (χ1n) is 6.42. The van der Waals surface area contributed by atoms with Gasteiger partial charge in [0.15, 0.2) is 0 Å². The zero-order valence-corrected chi connectivity index (χ0v) is 11.6. The number of nitrogens with one attached hydrogen (secondary N) is 1. The summed E-state index contributed by atoms with van der Waals surface area (Å²) in [4.78, 5) is 2.50. The highest BCUT2D eigenvalue weighted by molar-refractivity contribution is 5.46. The molecule has 1 heterocycles. The van der Waals surface area contributed by atoms with Crippen molar-refractivity contribution in [3.05, 3.63) is 58.9 Å². The summed E-state index contributed by atoms with van der Waals surface area (Å²) in [5.74, 6) is -6.05. The van der Waals surface area contributed by atoms with E-state index in [4.69, 9.17) is 0 Å². The molecule has 1 aromatic carbocycles. The van der Waals surface area contributed by atoms with Gasteiger partial charge in [-0.15, -0.1) is 0 Å². The minimum absolute atomic E-state index is 0.0368. The second kappa shape index (κ2) is 6.11.